The van der Waals surface area contributed by atoms with Gasteiger partial charge in [-0.15, -0.1) is 11.8 Å². The molecule has 0 aromatic heterocycles. The zero-order valence-electron chi connectivity index (χ0n) is 11.3. The number of carboxylic acid groups (broad SMARTS) is 1. The quantitative estimate of drug-likeness (QED) is 0.781. The lowest BCUT2D eigenvalue weighted by Gasteiger charge is -2.22. The number of carbonyl (C=O) groups is 2. The number of rotatable bonds is 7. The second kappa shape index (κ2) is 7.84. The fourth-order valence-electron chi connectivity index (χ4n) is 1.73. The lowest BCUT2D eigenvalue weighted by Crippen LogP contribution is -2.32. The zero-order valence-corrected chi connectivity index (χ0v) is 12.1. The number of hydrogen-bond acceptors (Lipinski definition) is 3. The third kappa shape index (κ3) is 4.95. The number of thioether (sulfide) groups is 1. The Hall–Kier alpha value is -1.49. The first-order valence-corrected chi connectivity index (χ1v) is 7.47. The molecule has 0 fully saturated rings. The number of amides is 1. The van der Waals surface area contributed by atoms with E-state index < -0.39 is 5.97 Å². The molecular weight excluding hydrogens is 262 g/mol. The topological polar surface area (TPSA) is 57.6 Å². The van der Waals surface area contributed by atoms with Crippen LogP contribution in [-0.2, 0) is 9.59 Å². The molecule has 4 nitrogen and oxygen atoms in total. The van der Waals surface area contributed by atoms with Crippen LogP contribution >= 0.6 is 11.8 Å². The van der Waals surface area contributed by atoms with Gasteiger partial charge in [0.25, 0.3) is 0 Å². The maximum atomic E-state index is 12.1. The zero-order chi connectivity index (χ0) is 14.3. The highest BCUT2D eigenvalue weighted by Crippen LogP contribution is 2.23. The van der Waals surface area contributed by atoms with Gasteiger partial charge in [0.15, 0.2) is 0 Å². The normalized spacial score (nSPS) is 10.2. The van der Waals surface area contributed by atoms with Crippen molar-refractivity contribution >= 4 is 29.3 Å². The van der Waals surface area contributed by atoms with Crippen LogP contribution in [0.25, 0.3) is 0 Å². The molecule has 0 saturated carbocycles. The molecule has 104 valence electrons. The van der Waals surface area contributed by atoms with Crippen molar-refractivity contribution in [3.8, 4) is 0 Å². The average molecular weight is 281 g/mol. The van der Waals surface area contributed by atoms with Gasteiger partial charge in [-0.25, -0.2) is 0 Å². The van der Waals surface area contributed by atoms with E-state index in [9.17, 15) is 9.59 Å². The minimum Gasteiger partial charge on any atom is -0.481 e. The van der Waals surface area contributed by atoms with Crippen LogP contribution in [0.15, 0.2) is 29.2 Å². The van der Waals surface area contributed by atoms with Gasteiger partial charge in [0.05, 0.1) is 6.42 Å². The van der Waals surface area contributed by atoms with E-state index in [0.29, 0.717) is 6.42 Å². The summed E-state index contributed by atoms with van der Waals surface area (Å²) in [5.41, 5.74) is 0.770. The monoisotopic (exact) mass is 281 g/mol. The first-order chi connectivity index (χ1) is 9.08. The fourth-order valence-corrected chi connectivity index (χ4v) is 2.19. The lowest BCUT2D eigenvalue weighted by molar-refractivity contribution is -0.136. The summed E-state index contributed by atoms with van der Waals surface area (Å²) >= 11 is 1.60. The van der Waals surface area contributed by atoms with E-state index in [1.54, 1.807) is 16.7 Å². The van der Waals surface area contributed by atoms with Gasteiger partial charge in [0, 0.05) is 23.5 Å². The Morgan fingerprint density at radius 1 is 1.32 bits per heavy atom. The Balaban J connectivity index is 2.92. The van der Waals surface area contributed by atoms with E-state index in [0.717, 1.165) is 17.0 Å². The maximum absolute atomic E-state index is 12.1. The van der Waals surface area contributed by atoms with Crippen molar-refractivity contribution in [2.75, 3.05) is 17.7 Å². The number of hydrogen-bond donors (Lipinski definition) is 1. The van der Waals surface area contributed by atoms with Crippen molar-refractivity contribution in [3.05, 3.63) is 24.3 Å². The molecule has 0 aliphatic rings. The molecule has 0 unspecified atom stereocenters. The molecule has 0 saturated heterocycles. The number of nitrogens with zero attached hydrogens (tertiary/aromatic N) is 1. The molecule has 0 aliphatic heterocycles. The van der Waals surface area contributed by atoms with Gasteiger partial charge in [-0.05, 0) is 30.9 Å². The summed E-state index contributed by atoms with van der Waals surface area (Å²) in [6.07, 6.45) is 3.11. The molecular formula is C14H19NO3S. The van der Waals surface area contributed by atoms with E-state index in [4.69, 9.17) is 5.11 Å². The number of carbonyl (C=O) groups excluding carboxylic acids is 1. The van der Waals surface area contributed by atoms with E-state index in [-0.39, 0.29) is 18.9 Å². The molecule has 0 bridgehead atoms. The van der Waals surface area contributed by atoms with Gasteiger partial charge in [0.1, 0.15) is 0 Å². The number of benzene rings is 1. The highest BCUT2D eigenvalue weighted by atomic mass is 32.2. The largest absolute Gasteiger partial charge is 0.481 e. The van der Waals surface area contributed by atoms with Crippen molar-refractivity contribution in [1.82, 2.24) is 0 Å². The predicted octanol–water partition coefficient (Wildman–Crippen LogP) is 3.02. The molecule has 1 aromatic carbocycles. The van der Waals surface area contributed by atoms with Crippen LogP contribution in [0, 0.1) is 0 Å². The molecule has 1 aromatic rings. The molecule has 1 amide bonds. The van der Waals surface area contributed by atoms with Gasteiger partial charge in [-0.2, -0.15) is 0 Å². The molecule has 1 N–H and O–H groups in total. The number of anilines is 1. The number of aliphatic carboxylic acids is 1. The molecule has 0 aliphatic carbocycles. The van der Waals surface area contributed by atoms with E-state index in [1.807, 2.05) is 37.4 Å². The van der Waals surface area contributed by atoms with Gasteiger partial charge in [0.2, 0.25) is 5.91 Å². The molecule has 0 radical (unpaired) electrons. The van der Waals surface area contributed by atoms with Gasteiger partial charge in [-0.3, -0.25) is 9.59 Å². The summed E-state index contributed by atoms with van der Waals surface area (Å²) in [4.78, 5) is 25.4. The molecule has 1 rings (SSSR count). The van der Waals surface area contributed by atoms with Crippen LogP contribution in [-0.4, -0.2) is 29.8 Å². The van der Waals surface area contributed by atoms with Crippen molar-refractivity contribution in [3.63, 3.8) is 0 Å². The second-order valence-corrected chi connectivity index (χ2v) is 5.02. The van der Waals surface area contributed by atoms with Crippen LogP contribution in [0.2, 0.25) is 0 Å². The standard InChI is InChI=1S/C14H19NO3S/c1-3-5-13(16)15(9-8-14(17)18)11-6-4-7-12(10-11)19-2/h4,6-7,10H,3,5,8-9H2,1-2H3,(H,17,18). The smallest absolute Gasteiger partial charge is 0.305 e. The SMILES string of the molecule is CCCC(=O)N(CCC(=O)O)c1cccc(SC)c1. The van der Waals surface area contributed by atoms with Crippen molar-refractivity contribution in [2.24, 2.45) is 0 Å². The fraction of sp³-hybridized carbons (Fsp3) is 0.429. The molecule has 0 spiro atoms. The van der Waals surface area contributed by atoms with E-state index >= 15 is 0 Å². The Morgan fingerprint density at radius 3 is 2.63 bits per heavy atom. The van der Waals surface area contributed by atoms with Crippen molar-refractivity contribution in [2.45, 2.75) is 31.1 Å². The van der Waals surface area contributed by atoms with Crippen LogP contribution in [0.3, 0.4) is 0 Å². The first kappa shape index (κ1) is 15.6. The highest BCUT2D eigenvalue weighted by molar-refractivity contribution is 7.98. The van der Waals surface area contributed by atoms with Crippen LogP contribution in [0.5, 0.6) is 0 Å². The van der Waals surface area contributed by atoms with Crippen molar-refractivity contribution in [1.29, 1.82) is 0 Å². The lowest BCUT2D eigenvalue weighted by atomic mass is 10.2. The minimum atomic E-state index is -0.893. The van der Waals surface area contributed by atoms with E-state index in [2.05, 4.69) is 0 Å². The number of carboxylic acids is 1. The average Bonchev–Trinajstić information content (AvgIpc) is 2.39. The Bertz CT molecular complexity index is 448. The Labute approximate surface area is 117 Å². The maximum Gasteiger partial charge on any atom is 0.305 e. The third-order valence-corrected chi connectivity index (χ3v) is 3.40. The molecule has 0 heterocycles. The molecule has 0 atom stereocenters. The summed E-state index contributed by atoms with van der Waals surface area (Å²) in [5.74, 6) is -0.919. The Kier molecular flexibility index (Phi) is 6.42. The molecule has 5 heteroatoms. The third-order valence-electron chi connectivity index (χ3n) is 2.68. The molecule has 19 heavy (non-hydrogen) atoms. The second-order valence-electron chi connectivity index (χ2n) is 4.14. The van der Waals surface area contributed by atoms with Crippen LogP contribution < -0.4 is 4.90 Å². The summed E-state index contributed by atoms with van der Waals surface area (Å²) in [7, 11) is 0. The van der Waals surface area contributed by atoms with Crippen LogP contribution in [0.4, 0.5) is 5.69 Å². The van der Waals surface area contributed by atoms with Gasteiger partial charge >= 0.3 is 5.97 Å². The Morgan fingerprint density at radius 2 is 2.05 bits per heavy atom. The summed E-state index contributed by atoms with van der Waals surface area (Å²) in [6, 6.07) is 7.61. The summed E-state index contributed by atoms with van der Waals surface area (Å²) in [6.45, 7) is 2.15. The highest BCUT2D eigenvalue weighted by Gasteiger charge is 2.16. The van der Waals surface area contributed by atoms with E-state index in [1.165, 1.54) is 0 Å². The van der Waals surface area contributed by atoms with Gasteiger partial charge < -0.3 is 10.0 Å². The van der Waals surface area contributed by atoms with Crippen LogP contribution in [0.1, 0.15) is 26.2 Å². The summed E-state index contributed by atoms with van der Waals surface area (Å²) < 4.78 is 0. The minimum absolute atomic E-state index is 0.0259. The summed E-state index contributed by atoms with van der Waals surface area (Å²) in [5, 5.41) is 8.78. The van der Waals surface area contributed by atoms with Crippen molar-refractivity contribution < 1.29 is 14.7 Å². The predicted molar refractivity (Wildman–Crippen MR) is 77.7 cm³/mol. The first-order valence-electron chi connectivity index (χ1n) is 6.24. The van der Waals surface area contributed by atoms with Gasteiger partial charge in [-0.1, -0.05) is 13.0 Å².